The normalized spacial score (nSPS) is 39.8. The molecule has 3 aliphatic carbocycles. The van der Waals surface area contributed by atoms with Crippen LogP contribution in [0, 0.1) is 35.0 Å². The highest BCUT2D eigenvalue weighted by Gasteiger charge is 2.54. The van der Waals surface area contributed by atoms with Crippen molar-refractivity contribution >= 4 is 11.6 Å². The van der Waals surface area contributed by atoms with Crippen LogP contribution >= 0.6 is 11.6 Å². The molecule has 0 amide bonds. The number of allylic oxidation sites excluding steroid dienone is 6. The minimum absolute atomic E-state index is 0.208. The SMILES string of the molecule is C=C1CC[C@H](O)C/C1=C\C=C1/CCC[C@]2(C)C1CC(Cl)[C@H]2[C@H](C)/C=C/[C@H](C)C(C)C. The molecule has 30 heavy (non-hydrogen) atoms. The van der Waals surface area contributed by atoms with Crippen LogP contribution in [0.4, 0.5) is 0 Å². The number of rotatable bonds is 5. The Kier molecular flexibility index (Phi) is 7.78. The van der Waals surface area contributed by atoms with Gasteiger partial charge >= 0.3 is 0 Å². The first kappa shape index (κ1) is 23.9. The maximum Gasteiger partial charge on any atom is 0.0583 e. The third kappa shape index (κ3) is 4.99. The molecule has 1 N–H and O–H groups in total. The Bertz CT molecular complexity index is 714. The number of hydrogen-bond donors (Lipinski definition) is 1. The molecule has 0 aliphatic heterocycles. The number of fused-ring (bicyclic) bond motifs is 1. The number of aliphatic hydroxyl groups is 1. The summed E-state index contributed by atoms with van der Waals surface area (Å²) in [6.07, 6.45) is 16.6. The Labute approximate surface area is 190 Å². The van der Waals surface area contributed by atoms with Crippen molar-refractivity contribution in [3.63, 3.8) is 0 Å². The Hall–Kier alpha value is -0.790. The molecule has 2 unspecified atom stereocenters. The van der Waals surface area contributed by atoms with E-state index in [1.54, 1.807) is 5.57 Å². The molecule has 3 saturated carbocycles. The van der Waals surface area contributed by atoms with Gasteiger partial charge in [0.2, 0.25) is 0 Å². The second-order valence-corrected chi connectivity index (χ2v) is 11.5. The summed E-state index contributed by atoms with van der Waals surface area (Å²) in [6.45, 7) is 16.0. The minimum Gasteiger partial charge on any atom is -0.393 e. The maximum absolute atomic E-state index is 10.1. The van der Waals surface area contributed by atoms with Crippen LogP contribution in [-0.2, 0) is 0 Å². The fourth-order valence-corrected chi connectivity index (χ4v) is 6.96. The number of halogens is 1. The monoisotopic (exact) mass is 430 g/mol. The smallest absolute Gasteiger partial charge is 0.0583 e. The van der Waals surface area contributed by atoms with Gasteiger partial charge in [-0.05, 0) is 85.5 Å². The van der Waals surface area contributed by atoms with Crippen molar-refractivity contribution in [2.45, 2.75) is 91.0 Å². The van der Waals surface area contributed by atoms with Crippen LogP contribution < -0.4 is 0 Å². The van der Waals surface area contributed by atoms with E-state index in [9.17, 15) is 5.11 Å². The van der Waals surface area contributed by atoms with Crippen LogP contribution in [0.25, 0.3) is 0 Å². The van der Waals surface area contributed by atoms with Gasteiger partial charge in [-0.25, -0.2) is 0 Å². The first-order valence-corrected chi connectivity index (χ1v) is 12.6. The van der Waals surface area contributed by atoms with Crippen molar-refractivity contribution in [2.24, 2.45) is 35.0 Å². The molecule has 3 fully saturated rings. The first-order valence-electron chi connectivity index (χ1n) is 12.2. The van der Waals surface area contributed by atoms with E-state index in [0.29, 0.717) is 29.6 Å². The molecule has 2 heteroatoms. The Morgan fingerprint density at radius 2 is 1.87 bits per heavy atom. The molecular weight excluding hydrogens is 388 g/mol. The predicted molar refractivity (Wildman–Crippen MR) is 131 cm³/mol. The van der Waals surface area contributed by atoms with Gasteiger partial charge in [0.25, 0.3) is 0 Å². The predicted octanol–water partition coefficient (Wildman–Crippen LogP) is 7.86. The highest BCUT2D eigenvalue weighted by molar-refractivity contribution is 6.21. The summed E-state index contributed by atoms with van der Waals surface area (Å²) in [7, 11) is 0. The van der Waals surface area contributed by atoms with Crippen molar-refractivity contribution in [1.82, 2.24) is 0 Å². The molecule has 0 heterocycles. The van der Waals surface area contributed by atoms with E-state index in [1.165, 1.54) is 30.4 Å². The molecule has 0 aromatic carbocycles. The number of aliphatic hydroxyl groups excluding tert-OH is 1. The lowest BCUT2D eigenvalue weighted by atomic mass is 9.61. The van der Waals surface area contributed by atoms with E-state index in [4.69, 9.17) is 11.6 Å². The van der Waals surface area contributed by atoms with Crippen LogP contribution in [0.5, 0.6) is 0 Å². The summed E-state index contributed by atoms with van der Waals surface area (Å²) in [5, 5.41) is 10.3. The zero-order chi connectivity index (χ0) is 22.1. The highest BCUT2D eigenvalue weighted by Crippen LogP contribution is 2.61. The van der Waals surface area contributed by atoms with Gasteiger partial charge in [-0.3, -0.25) is 0 Å². The average Bonchev–Trinajstić information content (AvgIpc) is 2.96. The molecule has 1 nitrogen and oxygen atoms in total. The average molecular weight is 431 g/mol. The number of hydrogen-bond acceptors (Lipinski definition) is 1. The fourth-order valence-electron chi connectivity index (χ4n) is 6.27. The van der Waals surface area contributed by atoms with Gasteiger partial charge in [-0.2, -0.15) is 0 Å². The summed E-state index contributed by atoms with van der Waals surface area (Å²) in [4.78, 5) is 0. The highest BCUT2D eigenvalue weighted by atomic mass is 35.5. The minimum atomic E-state index is -0.208. The van der Waals surface area contributed by atoms with Crippen molar-refractivity contribution < 1.29 is 5.11 Å². The van der Waals surface area contributed by atoms with Crippen LogP contribution in [0.1, 0.15) is 79.6 Å². The van der Waals surface area contributed by atoms with Gasteiger partial charge in [-0.1, -0.05) is 76.6 Å². The molecule has 0 aromatic heterocycles. The maximum atomic E-state index is 10.1. The van der Waals surface area contributed by atoms with E-state index in [-0.39, 0.29) is 16.9 Å². The summed E-state index contributed by atoms with van der Waals surface area (Å²) in [5.74, 6) is 2.91. The summed E-state index contributed by atoms with van der Waals surface area (Å²) >= 11 is 7.05. The van der Waals surface area contributed by atoms with Gasteiger partial charge in [-0.15, -0.1) is 11.6 Å². The topological polar surface area (TPSA) is 20.2 Å². The Morgan fingerprint density at radius 1 is 1.13 bits per heavy atom. The molecule has 0 aromatic rings. The van der Waals surface area contributed by atoms with E-state index < -0.39 is 0 Å². The van der Waals surface area contributed by atoms with E-state index in [2.05, 4.69) is 65.5 Å². The summed E-state index contributed by atoms with van der Waals surface area (Å²) in [5.41, 5.74) is 4.30. The van der Waals surface area contributed by atoms with Crippen LogP contribution in [0.3, 0.4) is 0 Å². The fraction of sp³-hybridized carbons (Fsp3) is 0.714. The largest absolute Gasteiger partial charge is 0.393 e. The lowest BCUT2D eigenvalue weighted by molar-refractivity contribution is 0.113. The van der Waals surface area contributed by atoms with E-state index in [0.717, 1.165) is 25.7 Å². The molecule has 3 aliphatic rings. The van der Waals surface area contributed by atoms with Gasteiger partial charge in [0.1, 0.15) is 0 Å². The van der Waals surface area contributed by atoms with Crippen LogP contribution in [-0.4, -0.2) is 16.6 Å². The standard InChI is InChI=1S/C28H43ClO/c1-18(2)19(3)9-10-21(5)27-26(29)17-25-22(8-7-15-28(25,27)6)12-13-23-16-24(30)14-11-20(23)4/h9-10,12-13,18-19,21,24-27,30H,4,7-8,11,14-17H2,1-3,5-6H3/b10-9+,22-12+,23-13+/t19-,21+,24-,25?,26?,27+,28+/m0/s1. The second-order valence-electron chi connectivity index (χ2n) is 11.0. The molecule has 0 spiro atoms. The first-order chi connectivity index (χ1) is 14.1. The van der Waals surface area contributed by atoms with Crippen LogP contribution in [0.2, 0.25) is 0 Å². The second kappa shape index (κ2) is 9.78. The third-order valence-corrected chi connectivity index (χ3v) is 9.01. The zero-order valence-corrected chi connectivity index (χ0v) is 20.6. The summed E-state index contributed by atoms with van der Waals surface area (Å²) in [6, 6.07) is 0. The third-order valence-electron chi connectivity index (χ3n) is 8.56. The molecule has 3 rings (SSSR count). The Balaban J connectivity index is 1.80. The van der Waals surface area contributed by atoms with Crippen molar-refractivity contribution in [2.75, 3.05) is 0 Å². The van der Waals surface area contributed by atoms with Crippen molar-refractivity contribution in [3.05, 3.63) is 47.6 Å². The molecule has 0 bridgehead atoms. The molecule has 0 radical (unpaired) electrons. The zero-order valence-electron chi connectivity index (χ0n) is 19.8. The lowest BCUT2D eigenvalue weighted by Crippen LogP contribution is -2.37. The molecule has 168 valence electrons. The molecule has 0 saturated heterocycles. The van der Waals surface area contributed by atoms with Gasteiger partial charge in [0.05, 0.1) is 6.10 Å². The lowest BCUT2D eigenvalue weighted by Gasteiger charge is -2.44. The van der Waals surface area contributed by atoms with Gasteiger partial charge in [0, 0.05) is 5.38 Å². The Morgan fingerprint density at radius 3 is 2.57 bits per heavy atom. The van der Waals surface area contributed by atoms with Gasteiger partial charge < -0.3 is 5.11 Å². The van der Waals surface area contributed by atoms with Crippen LogP contribution in [0.15, 0.2) is 47.6 Å². The molecule has 7 atom stereocenters. The van der Waals surface area contributed by atoms with E-state index >= 15 is 0 Å². The van der Waals surface area contributed by atoms with Crippen molar-refractivity contribution in [3.8, 4) is 0 Å². The number of alkyl halides is 1. The van der Waals surface area contributed by atoms with Gasteiger partial charge in [0.15, 0.2) is 0 Å². The summed E-state index contributed by atoms with van der Waals surface area (Å²) < 4.78 is 0. The van der Waals surface area contributed by atoms with Crippen molar-refractivity contribution in [1.29, 1.82) is 0 Å². The molecular formula is C28H43ClO. The quantitative estimate of drug-likeness (QED) is 0.347. The van der Waals surface area contributed by atoms with E-state index in [1.807, 2.05) is 0 Å².